The third-order valence-corrected chi connectivity index (χ3v) is 3.52. The van der Waals surface area contributed by atoms with Crippen molar-refractivity contribution in [1.82, 2.24) is 9.97 Å². The van der Waals surface area contributed by atoms with Gasteiger partial charge in [0.25, 0.3) is 0 Å². The fourth-order valence-electron chi connectivity index (χ4n) is 1.39. The molecule has 1 heterocycles. The standard InChI is InChI=1S/C14H26N4O/c1-6-19-8-13-17-11(15)7-12(18-13)16-9-14(4,5)10(2)3/h7,10H,6,8-9H2,1-5H3,(H3,15,16,17,18). The maximum atomic E-state index is 5.78. The van der Waals surface area contributed by atoms with Gasteiger partial charge in [-0.3, -0.25) is 0 Å². The predicted octanol–water partition coefficient (Wildman–Crippen LogP) is 2.69. The van der Waals surface area contributed by atoms with Gasteiger partial charge >= 0.3 is 0 Å². The topological polar surface area (TPSA) is 73.1 Å². The molecule has 0 saturated carbocycles. The van der Waals surface area contributed by atoms with Gasteiger partial charge in [-0.15, -0.1) is 0 Å². The highest BCUT2D eigenvalue weighted by Gasteiger charge is 2.22. The van der Waals surface area contributed by atoms with E-state index < -0.39 is 0 Å². The van der Waals surface area contributed by atoms with Crippen LogP contribution in [0.3, 0.4) is 0 Å². The van der Waals surface area contributed by atoms with Gasteiger partial charge in [-0.25, -0.2) is 9.97 Å². The Morgan fingerprint density at radius 2 is 2.05 bits per heavy atom. The van der Waals surface area contributed by atoms with E-state index in [9.17, 15) is 0 Å². The molecule has 0 saturated heterocycles. The Bertz CT molecular complexity index is 404. The molecule has 3 N–H and O–H groups in total. The summed E-state index contributed by atoms with van der Waals surface area (Å²) in [6, 6.07) is 1.76. The number of aromatic nitrogens is 2. The minimum absolute atomic E-state index is 0.194. The van der Waals surface area contributed by atoms with Gasteiger partial charge in [0.1, 0.15) is 18.2 Å². The summed E-state index contributed by atoms with van der Waals surface area (Å²) in [6.07, 6.45) is 0. The van der Waals surface area contributed by atoms with Crippen molar-refractivity contribution in [2.45, 2.75) is 41.2 Å². The maximum absolute atomic E-state index is 5.78. The van der Waals surface area contributed by atoms with Gasteiger partial charge in [0, 0.05) is 19.2 Å². The summed E-state index contributed by atoms with van der Waals surface area (Å²) in [5.41, 5.74) is 5.98. The molecule has 0 atom stereocenters. The Morgan fingerprint density at radius 3 is 2.63 bits per heavy atom. The zero-order valence-corrected chi connectivity index (χ0v) is 12.7. The Labute approximate surface area is 116 Å². The lowest BCUT2D eigenvalue weighted by Gasteiger charge is -2.29. The molecule has 0 aliphatic rings. The number of nitrogen functional groups attached to an aromatic ring is 1. The van der Waals surface area contributed by atoms with Crippen LogP contribution in [0.5, 0.6) is 0 Å². The molecular weight excluding hydrogens is 240 g/mol. The molecular formula is C14H26N4O. The van der Waals surface area contributed by atoms with Gasteiger partial charge in [0.05, 0.1) is 0 Å². The molecule has 0 aliphatic carbocycles. The summed E-state index contributed by atoms with van der Waals surface area (Å²) in [6.45, 7) is 12.7. The number of ether oxygens (including phenoxy) is 1. The van der Waals surface area contributed by atoms with Gasteiger partial charge < -0.3 is 15.8 Å². The lowest BCUT2D eigenvalue weighted by molar-refractivity contribution is 0.128. The van der Waals surface area contributed by atoms with Crippen LogP contribution in [0.25, 0.3) is 0 Å². The highest BCUT2D eigenvalue weighted by Crippen LogP contribution is 2.26. The van der Waals surface area contributed by atoms with E-state index in [4.69, 9.17) is 10.5 Å². The van der Waals surface area contributed by atoms with Crippen LogP contribution in [0.15, 0.2) is 6.07 Å². The van der Waals surface area contributed by atoms with E-state index in [1.54, 1.807) is 6.07 Å². The van der Waals surface area contributed by atoms with Crippen LogP contribution in [0.4, 0.5) is 11.6 Å². The van der Waals surface area contributed by atoms with Crippen molar-refractivity contribution >= 4 is 11.6 Å². The molecule has 108 valence electrons. The lowest BCUT2D eigenvalue weighted by atomic mass is 9.81. The Morgan fingerprint density at radius 1 is 1.37 bits per heavy atom. The Kier molecular flexibility index (Phi) is 5.54. The molecule has 0 aliphatic heterocycles. The predicted molar refractivity (Wildman–Crippen MR) is 78.9 cm³/mol. The van der Waals surface area contributed by atoms with Crippen molar-refractivity contribution in [1.29, 1.82) is 0 Å². The van der Waals surface area contributed by atoms with Crippen molar-refractivity contribution in [3.05, 3.63) is 11.9 Å². The molecule has 1 aromatic rings. The third kappa shape index (κ3) is 5.03. The minimum atomic E-state index is 0.194. The van der Waals surface area contributed by atoms with E-state index in [0.29, 0.717) is 30.8 Å². The number of nitrogens with one attached hydrogen (secondary N) is 1. The van der Waals surface area contributed by atoms with Crippen LogP contribution in [0.2, 0.25) is 0 Å². The van der Waals surface area contributed by atoms with Crippen molar-refractivity contribution in [3.63, 3.8) is 0 Å². The van der Waals surface area contributed by atoms with E-state index in [2.05, 4.69) is 43.0 Å². The largest absolute Gasteiger partial charge is 0.384 e. The monoisotopic (exact) mass is 266 g/mol. The zero-order valence-electron chi connectivity index (χ0n) is 12.7. The normalized spacial score (nSPS) is 11.9. The van der Waals surface area contributed by atoms with Gasteiger partial charge in [-0.05, 0) is 18.3 Å². The smallest absolute Gasteiger partial charge is 0.158 e. The van der Waals surface area contributed by atoms with E-state index in [1.165, 1.54) is 0 Å². The number of anilines is 2. The quantitative estimate of drug-likeness (QED) is 0.793. The second-order valence-corrected chi connectivity index (χ2v) is 5.73. The first-order chi connectivity index (χ1) is 8.85. The third-order valence-electron chi connectivity index (χ3n) is 3.52. The molecule has 1 aromatic heterocycles. The van der Waals surface area contributed by atoms with E-state index >= 15 is 0 Å². The molecule has 0 aromatic carbocycles. The number of hydrogen-bond acceptors (Lipinski definition) is 5. The van der Waals surface area contributed by atoms with Crippen LogP contribution < -0.4 is 11.1 Å². The van der Waals surface area contributed by atoms with Crippen LogP contribution >= 0.6 is 0 Å². The SMILES string of the molecule is CCOCc1nc(N)cc(NCC(C)(C)C(C)C)n1. The molecule has 5 nitrogen and oxygen atoms in total. The van der Waals surface area contributed by atoms with Crippen LogP contribution in [-0.4, -0.2) is 23.1 Å². The average Bonchev–Trinajstić information content (AvgIpc) is 2.33. The van der Waals surface area contributed by atoms with Gasteiger partial charge in [0.2, 0.25) is 0 Å². The minimum Gasteiger partial charge on any atom is -0.384 e. The molecule has 0 bridgehead atoms. The molecule has 1 rings (SSSR count). The summed E-state index contributed by atoms with van der Waals surface area (Å²) in [4.78, 5) is 8.56. The summed E-state index contributed by atoms with van der Waals surface area (Å²) in [5, 5.41) is 3.34. The van der Waals surface area contributed by atoms with Crippen LogP contribution in [0, 0.1) is 11.3 Å². The Hall–Kier alpha value is -1.36. The second kappa shape index (κ2) is 6.70. The number of nitrogens with zero attached hydrogens (tertiary/aromatic N) is 2. The molecule has 0 unspecified atom stereocenters. The van der Waals surface area contributed by atoms with E-state index in [0.717, 1.165) is 12.4 Å². The maximum Gasteiger partial charge on any atom is 0.158 e. The highest BCUT2D eigenvalue weighted by molar-refractivity contribution is 5.44. The number of hydrogen-bond donors (Lipinski definition) is 2. The zero-order chi connectivity index (χ0) is 14.5. The first-order valence-corrected chi connectivity index (χ1v) is 6.80. The highest BCUT2D eigenvalue weighted by atomic mass is 16.5. The molecule has 0 radical (unpaired) electrons. The summed E-state index contributed by atoms with van der Waals surface area (Å²) in [5.74, 6) is 2.43. The van der Waals surface area contributed by atoms with E-state index in [-0.39, 0.29) is 5.41 Å². The molecule has 19 heavy (non-hydrogen) atoms. The lowest BCUT2D eigenvalue weighted by Crippen LogP contribution is -2.29. The molecule has 5 heteroatoms. The van der Waals surface area contributed by atoms with Crippen molar-refractivity contribution in [2.24, 2.45) is 11.3 Å². The molecule has 0 fully saturated rings. The van der Waals surface area contributed by atoms with Crippen molar-refractivity contribution in [2.75, 3.05) is 24.2 Å². The fraction of sp³-hybridized carbons (Fsp3) is 0.714. The summed E-state index contributed by atoms with van der Waals surface area (Å²) >= 11 is 0. The first kappa shape index (κ1) is 15.7. The second-order valence-electron chi connectivity index (χ2n) is 5.73. The number of nitrogens with two attached hydrogens (primary N) is 1. The van der Waals surface area contributed by atoms with Gasteiger partial charge in [-0.1, -0.05) is 27.7 Å². The molecule has 0 spiro atoms. The van der Waals surface area contributed by atoms with E-state index in [1.807, 2.05) is 6.92 Å². The number of rotatable bonds is 7. The van der Waals surface area contributed by atoms with Gasteiger partial charge in [-0.2, -0.15) is 0 Å². The van der Waals surface area contributed by atoms with Crippen molar-refractivity contribution < 1.29 is 4.74 Å². The van der Waals surface area contributed by atoms with Gasteiger partial charge in [0.15, 0.2) is 5.82 Å². The summed E-state index contributed by atoms with van der Waals surface area (Å²) in [7, 11) is 0. The summed E-state index contributed by atoms with van der Waals surface area (Å²) < 4.78 is 5.30. The van der Waals surface area contributed by atoms with Crippen LogP contribution in [-0.2, 0) is 11.3 Å². The first-order valence-electron chi connectivity index (χ1n) is 6.80. The fourth-order valence-corrected chi connectivity index (χ4v) is 1.39. The average molecular weight is 266 g/mol. The molecule has 0 amide bonds. The van der Waals surface area contributed by atoms with Crippen molar-refractivity contribution in [3.8, 4) is 0 Å². The van der Waals surface area contributed by atoms with Crippen LogP contribution in [0.1, 0.15) is 40.4 Å². The Balaban J connectivity index is 2.70.